The van der Waals surface area contributed by atoms with E-state index in [1.165, 1.54) is 16.4 Å². The van der Waals surface area contributed by atoms with Crippen molar-refractivity contribution in [3.8, 4) is 0 Å². The lowest BCUT2D eigenvalue weighted by molar-refractivity contribution is -0.385. The maximum Gasteiger partial charge on any atom is 0.273 e. The minimum atomic E-state index is -3.61. The molecule has 0 saturated carbocycles. The Balaban J connectivity index is 2.40. The normalized spacial score (nSPS) is 17.3. The smallest absolute Gasteiger partial charge is 0.258 e. The van der Waals surface area contributed by atoms with Gasteiger partial charge in [-0.2, -0.15) is 4.31 Å². The molecule has 0 radical (unpaired) electrons. The first-order valence-electron chi connectivity index (χ1n) is 6.18. The first-order valence-corrected chi connectivity index (χ1v) is 7.62. The van der Waals surface area contributed by atoms with E-state index < -0.39 is 14.9 Å². The maximum atomic E-state index is 12.4. The summed E-state index contributed by atoms with van der Waals surface area (Å²) in [5.74, 6) is 0. The van der Waals surface area contributed by atoms with Crippen LogP contribution < -0.4 is 0 Å². The molecule has 1 aliphatic heterocycles. The number of aryl methyl sites for hydroxylation is 1. The molecule has 2 rings (SSSR count). The third kappa shape index (κ3) is 2.76. The number of piperidine rings is 1. The summed E-state index contributed by atoms with van der Waals surface area (Å²) >= 11 is 0. The Hall–Kier alpha value is -1.47. The summed E-state index contributed by atoms with van der Waals surface area (Å²) in [6.45, 7) is 2.57. The molecule has 104 valence electrons. The molecule has 0 bridgehead atoms. The van der Waals surface area contributed by atoms with Gasteiger partial charge in [-0.1, -0.05) is 12.5 Å². The zero-order valence-corrected chi connectivity index (χ0v) is 11.5. The molecule has 1 heterocycles. The highest BCUT2D eigenvalue weighted by atomic mass is 32.2. The predicted octanol–water partition coefficient (Wildman–Crippen LogP) is 2.08. The van der Waals surface area contributed by atoms with Crippen LogP contribution in [0.3, 0.4) is 0 Å². The van der Waals surface area contributed by atoms with Crippen molar-refractivity contribution in [2.45, 2.75) is 31.1 Å². The molecule has 0 amide bonds. The Kier molecular flexibility index (Phi) is 3.86. The van der Waals surface area contributed by atoms with Crippen LogP contribution in [-0.2, 0) is 10.0 Å². The highest BCUT2D eigenvalue weighted by Gasteiger charge is 2.27. The van der Waals surface area contributed by atoms with Gasteiger partial charge >= 0.3 is 0 Å². The van der Waals surface area contributed by atoms with Gasteiger partial charge in [-0.15, -0.1) is 0 Å². The van der Waals surface area contributed by atoms with Crippen molar-refractivity contribution in [3.63, 3.8) is 0 Å². The second-order valence-corrected chi connectivity index (χ2v) is 6.61. The molecule has 0 N–H and O–H groups in total. The van der Waals surface area contributed by atoms with Gasteiger partial charge in [-0.3, -0.25) is 10.1 Å². The van der Waals surface area contributed by atoms with E-state index >= 15 is 0 Å². The summed E-state index contributed by atoms with van der Waals surface area (Å²) in [5, 5.41) is 10.9. The summed E-state index contributed by atoms with van der Waals surface area (Å²) < 4.78 is 26.2. The van der Waals surface area contributed by atoms with Crippen LogP contribution in [0.1, 0.15) is 24.8 Å². The monoisotopic (exact) mass is 284 g/mol. The molecule has 1 aromatic rings. The van der Waals surface area contributed by atoms with Gasteiger partial charge in [0.05, 0.1) is 9.82 Å². The summed E-state index contributed by atoms with van der Waals surface area (Å²) in [6.07, 6.45) is 2.71. The van der Waals surface area contributed by atoms with Crippen molar-refractivity contribution in [2.24, 2.45) is 0 Å². The van der Waals surface area contributed by atoms with Gasteiger partial charge in [-0.05, 0) is 25.8 Å². The Morgan fingerprint density at radius 3 is 2.42 bits per heavy atom. The SMILES string of the molecule is Cc1ccc(S(=O)(=O)N2CCCCC2)cc1[N+](=O)[O-]. The lowest BCUT2D eigenvalue weighted by Crippen LogP contribution is -2.35. The number of hydrogen-bond donors (Lipinski definition) is 0. The topological polar surface area (TPSA) is 80.5 Å². The summed E-state index contributed by atoms with van der Waals surface area (Å²) in [4.78, 5) is 10.3. The van der Waals surface area contributed by atoms with Crippen LogP contribution in [0, 0.1) is 17.0 Å². The van der Waals surface area contributed by atoms with E-state index in [4.69, 9.17) is 0 Å². The van der Waals surface area contributed by atoms with Gasteiger partial charge in [0.2, 0.25) is 10.0 Å². The fourth-order valence-electron chi connectivity index (χ4n) is 2.20. The average molecular weight is 284 g/mol. The lowest BCUT2D eigenvalue weighted by Gasteiger charge is -2.25. The first-order chi connectivity index (χ1) is 8.93. The van der Waals surface area contributed by atoms with E-state index in [9.17, 15) is 18.5 Å². The van der Waals surface area contributed by atoms with Crippen LogP contribution in [0.5, 0.6) is 0 Å². The molecule has 0 atom stereocenters. The van der Waals surface area contributed by atoms with E-state index in [1.54, 1.807) is 6.92 Å². The van der Waals surface area contributed by atoms with Crippen LogP contribution in [-0.4, -0.2) is 30.7 Å². The number of nitrogens with zero attached hydrogens (tertiary/aromatic N) is 2. The van der Waals surface area contributed by atoms with Gasteiger partial charge < -0.3 is 0 Å². The molecule has 1 saturated heterocycles. The Morgan fingerprint density at radius 1 is 1.21 bits per heavy atom. The molecule has 0 unspecified atom stereocenters. The molecule has 0 aliphatic carbocycles. The second kappa shape index (κ2) is 5.26. The lowest BCUT2D eigenvalue weighted by atomic mass is 10.2. The van der Waals surface area contributed by atoms with Crippen LogP contribution in [0.15, 0.2) is 23.1 Å². The largest absolute Gasteiger partial charge is 0.273 e. The second-order valence-electron chi connectivity index (χ2n) is 4.67. The van der Waals surface area contributed by atoms with Crippen LogP contribution in [0.4, 0.5) is 5.69 Å². The van der Waals surface area contributed by atoms with Crippen molar-refractivity contribution >= 4 is 15.7 Å². The maximum absolute atomic E-state index is 12.4. The van der Waals surface area contributed by atoms with E-state index in [0.717, 1.165) is 25.3 Å². The van der Waals surface area contributed by atoms with Crippen molar-refractivity contribution in [1.29, 1.82) is 0 Å². The minimum absolute atomic E-state index is 0.00620. The zero-order valence-electron chi connectivity index (χ0n) is 10.7. The first kappa shape index (κ1) is 14.0. The molecule has 7 heteroatoms. The number of benzene rings is 1. The molecular weight excluding hydrogens is 268 g/mol. The van der Waals surface area contributed by atoms with Gasteiger partial charge in [0, 0.05) is 24.7 Å². The van der Waals surface area contributed by atoms with Crippen molar-refractivity contribution < 1.29 is 13.3 Å². The minimum Gasteiger partial charge on any atom is -0.258 e. The van der Waals surface area contributed by atoms with Gasteiger partial charge in [-0.25, -0.2) is 8.42 Å². The van der Waals surface area contributed by atoms with E-state index in [-0.39, 0.29) is 10.6 Å². The molecular formula is C12H16N2O4S. The van der Waals surface area contributed by atoms with E-state index in [2.05, 4.69) is 0 Å². The van der Waals surface area contributed by atoms with Crippen LogP contribution >= 0.6 is 0 Å². The fourth-order valence-corrected chi connectivity index (χ4v) is 3.74. The molecule has 1 aliphatic rings. The van der Waals surface area contributed by atoms with Gasteiger partial charge in [0.25, 0.3) is 5.69 Å². The number of rotatable bonds is 3. The molecule has 6 nitrogen and oxygen atoms in total. The fraction of sp³-hybridized carbons (Fsp3) is 0.500. The van der Waals surface area contributed by atoms with E-state index in [0.29, 0.717) is 18.7 Å². The molecule has 1 aromatic carbocycles. The third-order valence-electron chi connectivity index (χ3n) is 3.33. The van der Waals surface area contributed by atoms with Crippen molar-refractivity contribution in [1.82, 2.24) is 4.31 Å². The van der Waals surface area contributed by atoms with Crippen LogP contribution in [0.2, 0.25) is 0 Å². The standard InChI is InChI=1S/C12H16N2O4S/c1-10-5-6-11(9-12(10)14(15)16)19(17,18)13-7-3-2-4-8-13/h5-6,9H,2-4,7-8H2,1H3. The molecule has 0 aromatic heterocycles. The molecule has 0 spiro atoms. The Labute approximate surface area is 112 Å². The number of nitro benzene ring substituents is 1. The molecule has 19 heavy (non-hydrogen) atoms. The van der Waals surface area contributed by atoms with Crippen molar-refractivity contribution in [2.75, 3.05) is 13.1 Å². The van der Waals surface area contributed by atoms with Crippen LogP contribution in [0.25, 0.3) is 0 Å². The Morgan fingerprint density at radius 2 is 1.84 bits per heavy atom. The Bertz CT molecular complexity index is 592. The third-order valence-corrected chi connectivity index (χ3v) is 5.22. The zero-order chi connectivity index (χ0) is 14.0. The summed E-state index contributed by atoms with van der Waals surface area (Å²) in [7, 11) is -3.61. The average Bonchev–Trinajstić information content (AvgIpc) is 2.39. The number of sulfonamides is 1. The summed E-state index contributed by atoms with van der Waals surface area (Å²) in [6, 6.07) is 4.07. The quantitative estimate of drug-likeness (QED) is 0.628. The highest BCUT2D eigenvalue weighted by molar-refractivity contribution is 7.89. The van der Waals surface area contributed by atoms with Gasteiger partial charge in [0.15, 0.2) is 0 Å². The number of hydrogen-bond acceptors (Lipinski definition) is 4. The van der Waals surface area contributed by atoms with Crippen molar-refractivity contribution in [3.05, 3.63) is 33.9 Å². The molecule has 1 fully saturated rings. The van der Waals surface area contributed by atoms with Gasteiger partial charge in [0.1, 0.15) is 0 Å². The van der Waals surface area contributed by atoms with E-state index in [1.807, 2.05) is 0 Å². The predicted molar refractivity (Wildman–Crippen MR) is 70.4 cm³/mol. The number of nitro groups is 1. The summed E-state index contributed by atoms with van der Waals surface area (Å²) in [5.41, 5.74) is 0.306. The highest BCUT2D eigenvalue weighted by Crippen LogP contribution is 2.26.